The number of benzene rings is 1. The van der Waals surface area contributed by atoms with Gasteiger partial charge in [-0.15, -0.1) is 11.3 Å². The number of carbonyl (C=O) groups excluding carboxylic acids is 3. The highest BCUT2D eigenvalue weighted by Gasteiger charge is 2.34. The first-order valence-corrected chi connectivity index (χ1v) is 11.5. The van der Waals surface area contributed by atoms with E-state index in [-0.39, 0.29) is 35.5 Å². The Balaban J connectivity index is 1.66. The number of halogens is 1. The van der Waals surface area contributed by atoms with Crippen molar-refractivity contribution in [1.82, 2.24) is 15.5 Å². The first-order valence-electron chi connectivity index (χ1n) is 10.6. The Bertz CT molecular complexity index is 893. The lowest BCUT2D eigenvalue weighted by molar-refractivity contribution is -0.125. The second-order valence-electron chi connectivity index (χ2n) is 7.88. The average molecular weight is 446 g/mol. The molecule has 1 aliphatic rings. The monoisotopic (exact) mass is 445 g/mol. The lowest BCUT2D eigenvalue weighted by Gasteiger charge is -2.36. The molecule has 1 fully saturated rings. The molecule has 1 aliphatic heterocycles. The molecule has 3 rings (SSSR count). The Kier molecular flexibility index (Phi) is 7.79. The van der Waals surface area contributed by atoms with Gasteiger partial charge in [0.1, 0.15) is 11.9 Å². The van der Waals surface area contributed by atoms with E-state index in [9.17, 15) is 18.8 Å². The molecule has 6 nitrogen and oxygen atoms in total. The fourth-order valence-corrected chi connectivity index (χ4v) is 4.29. The second-order valence-corrected chi connectivity index (χ2v) is 8.83. The van der Waals surface area contributed by atoms with E-state index in [1.54, 1.807) is 17.0 Å². The maximum absolute atomic E-state index is 13.1. The van der Waals surface area contributed by atoms with E-state index in [2.05, 4.69) is 10.6 Å². The maximum atomic E-state index is 13.1. The number of piperidine rings is 1. The lowest BCUT2D eigenvalue weighted by Crippen LogP contribution is -2.55. The van der Waals surface area contributed by atoms with Crippen molar-refractivity contribution in [2.45, 2.75) is 45.2 Å². The molecular formula is C23H28FN3O3S. The Morgan fingerprint density at radius 3 is 2.39 bits per heavy atom. The summed E-state index contributed by atoms with van der Waals surface area (Å²) in [7, 11) is 0. The van der Waals surface area contributed by atoms with Crippen LogP contribution in [-0.4, -0.2) is 47.8 Å². The molecule has 1 saturated heterocycles. The molecule has 2 aromatic rings. The molecule has 1 aromatic heterocycles. The molecule has 0 spiro atoms. The van der Waals surface area contributed by atoms with E-state index < -0.39 is 6.04 Å². The molecule has 2 N–H and O–H groups in total. The van der Waals surface area contributed by atoms with Gasteiger partial charge in [-0.1, -0.05) is 13.0 Å². The third-order valence-electron chi connectivity index (χ3n) is 5.70. The number of carbonyl (C=O) groups is 3. The van der Waals surface area contributed by atoms with Gasteiger partial charge < -0.3 is 15.5 Å². The summed E-state index contributed by atoms with van der Waals surface area (Å²) < 4.78 is 13.1. The number of thiophene rings is 1. The third kappa shape index (κ3) is 5.91. The Labute approximate surface area is 185 Å². The van der Waals surface area contributed by atoms with Crippen molar-refractivity contribution in [1.29, 1.82) is 0 Å². The lowest BCUT2D eigenvalue weighted by atomic mass is 9.88. The average Bonchev–Trinajstić information content (AvgIpc) is 3.32. The molecule has 3 amide bonds. The number of likely N-dealkylation sites (tertiary alicyclic amines) is 1. The van der Waals surface area contributed by atoms with Crippen LogP contribution in [0, 0.1) is 11.7 Å². The molecular weight excluding hydrogens is 417 g/mol. The summed E-state index contributed by atoms with van der Waals surface area (Å²) in [4.78, 5) is 40.5. The fourth-order valence-electron chi connectivity index (χ4n) is 3.66. The highest BCUT2D eigenvalue weighted by molar-refractivity contribution is 7.12. The van der Waals surface area contributed by atoms with Crippen LogP contribution >= 0.6 is 11.3 Å². The van der Waals surface area contributed by atoms with Crippen LogP contribution in [0.25, 0.3) is 0 Å². The van der Waals surface area contributed by atoms with Gasteiger partial charge in [0.05, 0.1) is 4.88 Å². The van der Waals surface area contributed by atoms with Crippen molar-refractivity contribution in [3.63, 3.8) is 0 Å². The second kappa shape index (κ2) is 10.5. The zero-order valence-corrected chi connectivity index (χ0v) is 18.6. The number of nitrogens with one attached hydrogen (secondary N) is 2. The van der Waals surface area contributed by atoms with Gasteiger partial charge in [-0.2, -0.15) is 0 Å². The zero-order chi connectivity index (χ0) is 22.4. The molecule has 0 bridgehead atoms. The maximum Gasteiger partial charge on any atom is 0.262 e. The molecule has 1 aromatic carbocycles. The van der Waals surface area contributed by atoms with Gasteiger partial charge in [0.15, 0.2) is 0 Å². The fraction of sp³-hybridized carbons (Fsp3) is 0.435. The van der Waals surface area contributed by atoms with Gasteiger partial charge in [0.25, 0.3) is 11.8 Å². The highest BCUT2D eigenvalue weighted by Crippen LogP contribution is 2.23. The molecule has 0 aliphatic carbocycles. The minimum atomic E-state index is -0.660. The number of nitrogens with zero attached hydrogens (tertiary/aromatic N) is 1. The quantitative estimate of drug-likeness (QED) is 0.685. The van der Waals surface area contributed by atoms with Gasteiger partial charge >= 0.3 is 0 Å². The van der Waals surface area contributed by atoms with Crippen LogP contribution in [0.1, 0.15) is 53.1 Å². The molecule has 8 heteroatoms. The van der Waals surface area contributed by atoms with E-state index in [1.165, 1.54) is 35.6 Å². The summed E-state index contributed by atoms with van der Waals surface area (Å²) in [6.07, 6.45) is 1.98. The Hall–Kier alpha value is -2.74. The van der Waals surface area contributed by atoms with Crippen LogP contribution in [0.15, 0.2) is 41.8 Å². The predicted molar refractivity (Wildman–Crippen MR) is 118 cm³/mol. The van der Waals surface area contributed by atoms with Gasteiger partial charge in [-0.05, 0) is 67.8 Å². The summed E-state index contributed by atoms with van der Waals surface area (Å²) in [5.74, 6) is -1.06. The molecule has 0 saturated carbocycles. The van der Waals surface area contributed by atoms with Crippen LogP contribution in [-0.2, 0) is 4.79 Å². The Morgan fingerprint density at radius 2 is 1.81 bits per heavy atom. The van der Waals surface area contributed by atoms with E-state index in [1.807, 2.05) is 19.2 Å². The predicted octanol–water partition coefficient (Wildman–Crippen LogP) is 3.45. The van der Waals surface area contributed by atoms with Crippen LogP contribution in [0.5, 0.6) is 0 Å². The molecule has 31 heavy (non-hydrogen) atoms. The minimum absolute atomic E-state index is 0.00813. The normalized spacial score (nSPS) is 16.4. The standard InChI is InChI=1S/C23H28FN3O3S/c1-3-15(2)25-22(29)20(26-21(28)19-5-4-14-31-19)16-10-12-27(13-11-16)23(30)17-6-8-18(24)9-7-17/h4-9,14-16,20H,3,10-13H2,1-2H3,(H,25,29)(H,26,28)/t15-,20+/m1/s1. The van der Waals surface area contributed by atoms with Crippen LogP contribution in [0.2, 0.25) is 0 Å². The van der Waals surface area contributed by atoms with Crippen molar-refractivity contribution >= 4 is 29.1 Å². The first-order chi connectivity index (χ1) is 14.9. The Morgan fingerprint density at radius 1 is 1.13 bits per heavy atom. The zero-order valence-electron chi connectivity index (χ0n) is 17.8. The number of rotatable bonds is 7. The van der Waals surface area contributed by atoms with Crippen molar-refractivity contribution in [3.8, 4) is 0 Å². The molecule has 2 atom stereocenters. The van der Waals surface area contributed by atoms with Gasteiger partial charge in [-0.3, -0.25) is 14.4 Å². The summed E-state index contributed by atoms with van der Waals surface area (Å²) in [6.45, 7) is 4.87. The molecule has 0 radical (unpaired) electrons. The van der Waals surface area contributed by atoms with E-state index in [0.717, 1.165) is 6.42 Å². The smallest absolute Gasteiger partial charge is 0.262 e. The summed E-state index contributed by atoms with van der Waals surface area (Å²) in [5.41, 5.74) is 0.442. The molecule has 0 unspecified atom stereocenters. The first kappa shape index (κ1) is 22.9. The van der Waals surface area contributed by atoms with E-state index in [4.69, 9.17) is 0 Å². The van der Waals surface area contributed by atoms with Crippen LogP contribution < -0.4 is 10.6 Å². The number of hydrogen-bond acceptors (Lipinski definition) is 4. The topological polar surface area (TPSA) is 78.5 Å². The van der Waals surface area contributed by atoms with E-state index in [0.29, 0.717) is 36.4 Å². The van der Waals surface area contributed by atoms with Crippen molar-refractivity contribution < 1.29 is 18.8 Å². The third-order valence-corrected chi connectivity index (χ3v) is 6.57. The van der Waals surface area contributed by atoms with Crippen LogP contribution in [0.3, 0.4) is 0 Å². The summed E-state index contributed by atoms with van der Waals surface area (Å²) in [6, 6.07) is 8.38. The van der Waals surface area contributed by atoms with Gasteiger partial charge in [-0.25, -0.2) is 4.39 Å². The highest BCUT2D eigenvalue weighted by atomic mass is 32.1. The number of hydrogen-bond donors (Lipinski definition) is 2. The largest absolute Gasteiger partial charge is 0.352 e. The number of amides is 3. The minimum Gasteiger partial charge on any atom is -0.352 e. The van der Waals surface area contributed by atoms with Crippen molar-refractivity contribution in [3.05, 3.63) is 58.0 Å². The van der Waals surface area contributed by atoms with Crippen molar-refractivity contribution in [2.75, 3.05) is 13.1 Å². The molecule has 2 heterocycles. The van der Waals surface area contributed by atoms with Crippen LogP contribution in [0.4, 0.5) is 4.39 Å². The summed E-state index contributed by atoms with van der Waals surface area (Å²) >= 11 is 1.33. The summed E-state index contributed by atoms with van der Waals surface area (Å²) in [5, 5.41) is 7.71. The van der Waals surface area contributed by atoms with Gasteiger partial charge in [0.2, 0.25) is 5.91 Å². The molecule has 166 valence electrons. The van der Waals surface area contributed by atoms with E-state index >= 15 is 0 Å². The van der Waals surface area contributed by atoms with Crippen molar-refractivity contribution in [2.24, 2.45) is 5.92 Å². The van der Waals surface area contributed by atoms with Gasteiger partial charge in [0, 0.05) is 24.7 Å². The SMILES string of the molecule is CC[C@@H](C)NC(=O)[C@@H](NC(=O)c1cccs1)C1CCN(C(=O)c2ccc(F)cc2)CC1.